The average molecular weight is 509 g/mol. The lowest BCUT2D eigenvalue weighted by molar-refractivity contribution is -0.141. The molecule has 0 saturated heterocycles. The molecule has 1 heterocycles. The predicted molar refractivity (Wildman–Crippen MR) is 146 cm³/mol. The van der Waals surface area contributed by atoms with Gasteiger partial charge in [-0.3, -0.25) is 9.59 Å². The third-order valence-electron chi connectivity index (χ3n) is 6.40. The number of aromatic amines is 1. The van der Waals surface area contributed by atoms with Crippen molar-refractivity contribution in [3.63, 3.8) is 0 Å². The van der Waals surface area contributed by atoms with Crippen molar-refractivity contribution in [1.82, 2.24) is 20.6 Å². The Bertz CT molecular complexity index is 1100. The maximum absolute atomic E-state index is 12.2. The molecule has 2 rings (SSSR count). The van der Waals surface area contributed by atoms with E-state index in [4.69, 9.17) is 0 Å². The summed E-state index contributed by atoms with van der Waals surface area (Å²) in [4.78, 5) is 42.3. The van der Waals surface area contributed by atoms with Crippen LogP contribution < -0.4 is 10.6 Å². The summed E-state index contributed by atoms with van der Waals surface area (Å²) in [5.74, 6) is -1.91. The molecule has 4 N–H and O–H groups in total. The van der Waals surface area contributed by atoms with E-state index in [1.165, 1.54) is 42.6 Å². The number of nitrogens with zero attached hydrogens (tertiary/aromatic N) is 1. The first-order chi connectivity index (χ1) is 17.5. The molecule has 0 saturated carbocycles. The number of nitrogens with one attached hydrogen (secondary N) is 3. The molecule has 1 aliphatic carbocycles. The highest BCUT2D eigenvalue weighted by Gasteiger charge is 2.26. The van der Waals surface area contributed by atoms with Gasteiger partial charge in [-0.2, -0.15) is 0 Å². The Morgan fingerprint density at radius 1 is 1.22 bits per heavy atom. The number of amides is 2. The lowest BCUT2D eigenvalue weighted by atomic mass is 9.72. The summed E-state index contributed by atoms with van der Waals surface area (Å²) in [6.45, 7) is 10.8. The molecule has 0 spiro atoms. The first kappa shape index (κ1) is 29.5. The number of aliphatic carboxylic acids is 1. The van der Waals surface area contributed by atoms with Gasteiger partial charge in [0.05, 0.1) is 6.33 Å². The smallest absolute Gasteiger partial charge is 0.326 e. The summed E-state index contributed by atoms with van der Waals surface area (Å²) in [5, 5.41) is 14.4. The molecule has 1 aromatic rings. The number of carboxylic acid groups (broad SMARTS) is 1. The van der Waals surface area contributed by atoms with Crippen molar-refractivity contribution in [3.8, 4) is 0 Å². The number of imidazole rings is 1. The number of hydrogen-bond donors (Lipinski definition) is 4. The highest BCUT2D eigenvalue weighted by Crippen LogP contribution is 2.40. The number of carboxylic acids is 1. The molecule has 0 aromatic carbocycles. The maximum atomic E-state index is 12.2. The zero-order valence-electron chi connectivity index (χ0n) is 22.6. The van der Waals surface area contributed by atoms with E-state index in [9.17, 15) is 19.5 Å². The molecule has 1 atom stereocenters. The molecule has 1 aliphatic rings. The Labute approximate surface area is 219 Å². The molecule has 200 valence electrons. The molecule has 0 bridgehead atoms. The molecule has 1 unspecified atom stereocenters. The number of aromatic nitrogens is 2. The summed E-state index contributed by atoms with van der Waals surface area (Å²) in [6, 6.07) is -1.07. The fraction of sp³-hybridized carbons (Fsp3) is 0.448. The van der Waals surface area contributed by atoms with Crippen molar-refractivity contribution < 1.29 is 19.5 Å². The van der Waals surface area contributed by atoms with Crippen LogP contribution in [-0.4, -0.2) is 45.4 Å². The summed E-state index contributed by atoms with van der Waals surface area (Å²) in [5.41, 5.74) is 5.60. The summed E-state index contributed by atoms with van der Waals surface area (Å²) in [6.07, 6.45) is 18.2. The van der Waals surface area contributed by atoms with Crippen LogP contribution in [0.2, 0.25) is 0 Å². The van der Waals surface area contributed by atoms with Gasteiger partial charge in [-0.25, -0.2) is 9.78 Å². The third-order valence-corrected chi connectivity index (χ3v) is 6.40. The number of H-pyrrole nitrogens is 1. The molecule has 2 amide bonds. The SMILES string of the molecule is CC1=C(/C=C/C(C)=C/C=C/C(C)=C/C(=O)NCCC(=O)NC(Cc2cnc[nH]2)C(=O)O)C(C)(C)CCC1. The predicted octanol–water partition coefficient (Wildman–Crippen LogP) is 4.56. The fourth-order valence-electron chi connectivity index (χ4n) is 4.32. The summed E-state index contributed by atoms with van der Waals surface area (Å²) < 4.78 is 0. The second kappa shape index (κ2) is 14.2. The van der Waals surface area contributed by atoms with E-state index >= 15 is 0 Å². The van der Waals surface area contributed by atoms with Crippen molar-refractivity contribution in [2.45, 2.75) is 72.8 Å². The number of allylic oxidation sites excluding steroid dienone is 9. The van der Waals surface area contributed by atoms with Gasteiger partial charge >= 0.3 is 5.97 Å². The van der Waals surface area contributed by atoms with Crippen LogP contribution in [0, 0.1) is 5.41 Å². The lowest BCUT2D eigenvalue weighted by Crippen LogP contribution is -2.43. The number of hydrogen-bond acceptors (Lipinski definition) is 4. The number of carbonyl (C=O) groups excluding carboxylic acids is 2. The molecule has 8 nitrogen and oxygen atoms in total. The highest BCUT2D eigenvalue weighted by molar-refractivity contribution is 5.89. The van der Waals surface area contributed by atoms with Crippen LogP contribution in [-0.2, 0) is 20.8 Å². The van der Waals surface area contributed by atoms with E-state index in [0.717, 1.165) is 17.6 Å². The zero-order valence-corrected chi connectivity index (χ0v) is 22.6. The van der Waals surface area contributed by atoms with Gasteiger partial charge < -0.3 is 20.7 Å². The molecular weight excluding hydrogens is 468 g/mol. The van der Waals surface area contributed by atoms with Crippen LogP contribution in [0.15, 0.2) is 71.3 Å². The van der Waals surface area contributed by atoms with Gasteiger partial charge in [0.15, 0.2) is 0 Å². The Balaban J connectivity index is 1.79. The van der Waals surface area contributed by atoms with Gasteiger partial charge in [0.2, 0.25) is 11.8 Å². The van der Waals surface area contributed by atoms with E-state index in [-0.39, 0.29) is 30.7 Å². The van der Waals surface area contributed by atoms with Crippen molar-refractivity contribution >= 4 is 17.8 Å². The highest BCUT2D eigenvalue weighted by atomic mass is 16.4. The molecule has 0 radical (unpaired) electrons. The second-order valence-electron chi connectivity index (χ2n) is 10.2. The normalized spacial score (nSPS) is 17.3. The van der Waals surface area contributed by atoms with Gasteiger partial charge in [-0.05, 0) is 56.6 Å². The summed E-state index contributed by atoms with van der Waals surface area (Å²) >= 11 is 0. The van der Waals surface area contributed by atoms with Crippen molar-refractivity contribution in [2.24, 2.45) is 5.41 Å². The molecular formula is C29H40N4O4. The molecule has 0 fully saturated rings. The topological polar surface area (TPSA) is 124 Å². The monoisotopic (exact) mass is 508 g/mol. The van der Waals surface area contributed by atoms with E-state index in [2.05, 4.69) is 53.5 Å². The minimum Gasteiger partial charge on any atom is -0.480 e. The van der Waals surface area contributed by atoms with Crippen LogP contribution in [0.5, 0.6) is 0 Å². The summed E-state index contributed by atoms with van der Waals surface area (Å²) in [7, 11) is 0. The largest absolute Gasteiger partial charge is 0.480 e. The standard InChI is InChI=1S/C29H40N4O4/c1-20(11-12-24-22(3)10-7-14-29(24,4)5)8-6-9-21(2)16-27(35)31-15-13-26(34)33-25(28(36)37)17-23-18-30-19-32-23/h6,8-9,11-12,16,18-19,25H,7,10,13-15,17H2,1-5H3,(H,30,32)(H,31,35)(H,33,34)(H,36,37)/b9-6+,12-11+,20-8+,21-16+. The average Bonchev–Trinajstić information content (AvgIpc) is 3.31. The Morgan fingerprint density at radius 2 is 1.97 bits per heavy atom. The van der Waals surface area contributed by atoms with Gasteiger partial charge in [-0.1, -0.05) is 55.4 Å². The van der Waals surface area contributed by atoms with E-state index in [1.54, 1.807) is 0 Å². The minimum atomic E-state index is -1.14. The Kier molecular flexibility index (Phi) is 11.3. The molecule has 37 heavy (non-hydrogen) atoms. The van der Waals surface area contributed by atoms with Crippen LogP contribution in [0.3, 0.4) is 0 Å². The van der Waals surface area contributed by atoms with Crippen molar-refractivity contribution in [3.05, 3.63) is 77.0 Å². The van der Waals surface area contributed by atoms with Gasteiger partial charge in [0.25, 0.3) is 0 Å². The second-order valence-corrected chi connectivity index (χ2v) is 10.2. The molecule has 0 aliphatic heterocycles. The van der Waals surface area contributed by atoms with Crippen LogP contribution in [0.4, 0.5) is 0 Å². The van der Waals surface area contributed by atoms with Crippen LogP contribution in [0.25, 0.3) is 0 Å². The first-order valence-corrected chi connectivity index (χ1v) is 12.7. The van der Waals surface area contributed by atoms with Gasteiger partial charge in [-0.15, -0.1) is 0 Å². The van der Waals surface area contributed by atoms with E-state index < -0.39 is 17.9 Å². The third kappa shape index (κ3) is 10.5. The van der Waals surface area contributed by atoms with Crippen LogP contribution in [0.1, 0.15) is 66.0 Å². The Morgan fingerprint density at radius 3 is 2.62 bits per heavy atom. The molecule has 1 aromatic heterocycles. The fourth-order valence-corrected chi connectivity index (χ4v) is 4.32. The van der Waals surface area contributed by atoms with E-state index in [0.29, 0.717) is 5.69 Å². The zero-order chi connectivity index (χ0) is 27.4. The van der Waals surface area contributed by atoms with Gasteiger partial charge in [0, 0.05) is 37.4 Å². The van der Waals surface area contributed by atoms with Crippen molar-refractivity contribution in [2.75, 3.05) is 6.54 Å². The number of rotatable bonds is 12. The first-order valence-electron chi connectivity index (χ1n) is 12.7. The van der Waals surface area contributed by atoms with Crippen LogP contribution >= 0.6 is 0 Å². The maximum Gasteiger partial charge on any atom is 0.326 e. The van der Waals surface area contributed by atoms with Gasteiger partial charge in [0.1, 0.15) is 6.04 Å². The number of carbonyl (C=O) groups is 3. The van der Waals surface area contributed by atoms with E-state index in [1.807, 2.05) is 32.1 Å². The minimum absolute atomic E-state index is 0.0256. The lowest BCUT2D eigenvalue weighted by Gasteiger charge is -2.32. The molecule has 8 heteroatoms. The quantitative estimate of drug-likeness (QED) is 0.243. The van der Waals surface area contributed by atoms with Crippen molar-refractivity contribution in [1.29, 1.82) is 0 Å². The Hall–Kier alpha value is -3.68.